The van der Waals surface area contributed by atoms with Crippen LogP contribution in [0.2, 0.25) is 0 Å². The van der Waals surface area contributed by atoms with E-state index in [9.17, 15) is 5.11 Å². The predicted molar refractivity (Wildman–Crippen MR) is 98.0 cm³/mol. The number of hydrogen-bond acceptors (Lipinski definition) is 4. The van der Waals surface area contributed by atoms with Crippen molar-refractivity contribution >= 4 is 0 Å². The molecule has 0 saturated carbocycles. The highest BCUT2D eigenvalue weighted by Crippen LogP contribution is 2.12. The maximum atomic E-state index is 9.25. The van der Waals surface area contributed by atoms with Crippen molar-refractivity contribution in [1.29, 1.82) is 0 Å². The highest BCUT2D eigenvalue weighted by molar-refractivity contribution is 5.45. The Bertz CT molecular complexity index is 666. The molecule has 0 bridgehead atoms. The summed E-state index contributed by atoms with van der Waals surface area (Å²) in [5.41, 5.74) is 1.77. The molecule has 0 aliphatic rings. The Morgan fingerprint density at radius 3 is 1.84 bits per heavy atom. The van der Waals surface area contributed by atoms with Gasteiger partial charge in [0.25, 0.3) is 0 Å². The van der Waals surface area contributed by atoms with E-state index in [0.29, 0.717) is 26.4 Å². The average molecular weight is 340 g/mol. The van der Waals surface area contributed by atoms with E-state index in [1.54, 1.807) is 24.3 Å². The Balaban J connectivity index is 1.69. The van der Waals surface area contributed by atoms with Gasteiger partial charge < -0.3 is 19.3 Å². The van der Waals surface area contributed by atoms with E-state index in [0.717, 1.165) is 29.9 Å². The molecule has 132 valence electrons. The molecule has 0 aliphatic carbocycles. The highest BCUT2D eigenvalue weighted by atomic mass is 16.5. The van der Waals surface area contributed by atoms with E-state index in [2.05, 4.69) is 18.8 Å². The zero-order valence-corrected chi connectivity index (χ0v) is 14.5. The Labute approximate surface area is 149 Å². The van der Waals surface area contributed by atoms with E-state index in [4.69, 9.17) is 14.2 Å². The minimum absolute atomic E-state index is 0.240. The van der Waals surface area contributed by atoms with E-state index in [-0.39, 0.29) is 5.75 Å². The van der Waals surface area contributed by atoms with Crippen LogP contribution in [0.4, 0.5) is 0 Å². The molecule has 0 amide bonds. The monoisotopic (exact) mass is 340 g/mol. The molecule has 0 radical (unpaired) electrons. The van der Waals surface area contributed by atoms with Crippen LogP contribution in [0, 0.1) is 11.8 Å². The fourth-order valence-corrected chi connectivity index (χ4v) is 2.01. The molecule has 0 heterocycles. The quantitative estimate of drug-likeness (QED) is 0.559. The summed E-state index contributed by atoms with van der Waals surface area (Å²) < 4.78 is 16.4. The summed E-state index contributed by atoms with van der Waals surface area (Å²) in [6, 6.07) is 14.4. The molecule has 1 N–H and O–H groups in total. The van der Waals surface area contributed by atoms with Crippen molar-refractivity contribution in [3.8, 4) is 23.3 Å². The predicted octanol–water partition coefficient (Wildman–Crippen LogP) is 3.61. The number of benzene rings is 2. The number of phenolic OH excluding ortho intramolecular Hbond substituents is 1. The van der Waals surface area contributed by atoms with Gasteiger partial charge in [-0.1, -0.05) is 18.8 Å². The summed E-state index contributed by atoms with van der Waals surface area (Å²) in [5, 5.41) is 9.25. The molecule has 0 spiro atoms. The van der Waals surface area contributed by atoms with Crippen LogP contribution in [0.15, 0.2) is 48.5 Å². The van der Waals surface area contributed by atoms with Gasteiger partial charge in [0.1, 0.15) is 18.1 Å². The van der Waals surface area contributed by atoms with Gasteiger partial charge in [0, 0.05) is 17.7 Å². The normalized spacial score (nSPS) is 10.1. The smallest absolute Gasteiger partial charge is 0.119 e. The third kappa shape index (κ3) is 7.75. The topological polar surface area (TPSA) is 47.9 Å². The zero-order chi connectivity index (χ0) is 17.7. The van der Waals surface area contributed by atoms with Gasteiger partial charge in [-0.25, -0.2) is 0 Å². The van der Waals surface area contributed by atoms with Crippen LogP contribution in [0.1, 0.15) is 24.5 Å². The molecule has 0 fully saturated rings. The lowest BCUT2D eigenvalue weighted by molar-refractivity contribution is 0.0366. The van der Waals surface area contributed by atoms with Crippen molar-refractivity contribution < 1.29 is 19.3 Å². The first-order chi connectivity index (χ1) is 12.3. The molecule has 0 aliphatic heterocycles. The highest BCUT2D eigenvalue weighted by Gasteiger charge is 1.95. The fraction of sp³-hybridized carbons (Fsp3) is 0.333. The average Bonchev–Trinajstić information content (AvgIpc) is 2.64. The maximum absolute atomic E-state index is 9.25. The summed E-state index contributed by atoms with van der Waals surface area (Å²) >= 11 is 0. The van der Waals surface area contributed by atoms with Gasteiger partial charge in [0.05, 0.1) is 19.8 Å². The van der Waals surface area contributed by atoms with Crippen LogP contribution >= 0.6 is 0 Å². The number of aromatic hydroxyl groups is 1. The van der Waals surface area contributed by atoms with Crippen molar-refractivity contribution in [2.75, 3.05) is 33.0 Å². The van der Waals surface area contributed by atoms with Gasteiger partial charge in [0.2, 0.25) is 0 Å². The Kier molecular flexibility index (Phi) is 8.40. The SMILES string of the molecule is CCCOCCOCCOc1ccc(C#Cc2ccc(O)cc2)cc1. The van der Waals surface area contributed by atoms with Gasteiger partial charge >= 0.3 is 0 Å². The Hall–Kier alpha value is -2.48. The van der Waals surface area contributed by atoms with Crippen molar-refractivity contribution in [1.82, 2.24) is 0 Å². The standard InChI is InChI=1S/C21H24O4/c1-2-13-23-14-15-24-16-17-25-21-11-7-19(8-12-21)4-3-18-5-9-20(22)10-6-18/h5-12,22H,2,13-17H2,1H3. The molecule has 0 saturated heterocycles. The van der Waals surface area contributed by atoms with Gasteiger partial charge in [-0.3, -0.25) is 0 Å². The zero-order valence-electron chi connectivity index (χ0n) is 14.5. The number of ether oxygens (including phenoxy) is 3. The van der Waals surface area contributed by atoms with Crippen LogP contribution in [0.5, 0.6) is 11.5 Å². The third-order valence-electron chi connectivity index (χ3n) is 3.29. The molecule has 0 aromatic heterocycles. The molecule has 0 unspecified atom stereocenters. The van der Waals surface area contributed by atoms with Crippen molar-refractivity contribution in [3.63, 3.8) is 0 Å². The van der Waals surface area contributed by atoms with E-state index < -0.39 is 0 Å². The summed E-state index contributed by atoms with van der Waals surface area (Å²) in [6.07, 6.45) is 1.03. The van der Waals surface area contributed by atoms with E-state index in [1.165, 1.54) is 0 Å². The van der Waals surface area contributed by atoms with Crippen LogP contribution in [0.25, 0.3) is 0 Å². The van der Waals surface area contributed by atoms with Crippen molar-refractivity contribution in [2.24, 2.45) is 0 Å². The van der Waals surface area contributed by atoms with Crippen LogP contribution in [-0.2, 0) is 9.47 Å². The van der Waals surface area contributed by atoms with E-state index >= 15 is 0 Å². The molecule has 4 heteroatoms. The minimum Gasteiger partial charge on any atom is -0.508 e. The molecule has 2 aromatic carbocycles. The largest absolute Gasteiger partial charge is 0.508 e. The number of rotatable bonds is 9. The first kappa shape index (κ1) is 18.9. The van der Waals surface area contributed by atoms with Gasteiger partial charge in [-0.05, 0) is 55.0 Å². The molecule has 2 aromatic rings. The van der Waals surface area contributed by atoms with Crippen LogP contribution < -0.4 is 4.74 Å². The summed E-state index contributed by atoms with van der Waals surface area (Å²) in [6.45, 7) is 5.13. The lowest BCUT2D eigenvalue weighted by Crippen LogP contribution is -2.11. The minimum atomic E-state index is 0.240. The number of phenols is 1. The number of hydrogen-bond donors (Lipinski definition) is 1. The first-order valence-electron chi connectivity index (χ1n) is 8.47. The lowest BCUT2D eigenvalue weighted by atomic mass is 10.2. The van der Waals surface area contributed by atoms with Crippen molar-refractivity contribution in [3.05, 3.63) is 59.7 Å². The second kappa shape index (κ2) is 11.1. The summed E-state index contributed by atoms with van der Waals surface area (Å²) in [5.74, 6) is 7.17. The van der Waals surface area contributed by atoms with Crippen LogP contribution in [-0.4, -0.2) is 38.1 Å². The van der Waals surface area contributed by atoms with E-state index in [1.807, 2.05) is 24.3 Å². The molecule has 25 heavy (non-hydrogen) atoms. The molecular formula is C21H24O4. The summed E-state index contributed by atoms with van der Waals surface area (Å²) in [7, 11) is 0. The molecular weight excluding hydrogens is 316 g/mol. The molecule has 4 nitrogen and oxygen atoms in total. The van der Waals surface area contributed by atoms with Crippen molar-refractivity contribution in [2.45, 2.75) is 13.3 Å². The first-order valence-corrected chi connectivity index (χ1v) is 8.47. The summed E-state index contributed by atoms with van der Waals surface area (Å²) in [4.78, 5) is 0. The second-order valence-corrected chi connectivity index (χ2v) is 5.39. The molecule has 0 atom stereocenters. The second-order valence-electron chi connectivity index (χ2n) is 5.39. The fourth-order valence-electron chi connectivity index (χ4n) is 2.01. The van der Waals surface area contributed by atoms with Gasteiger partial charge in [-0.15, -0.1) is 0 Å². The lowest BCUT2D eigenvalue weighted by Gasteiger charge is -2.07. The molecule has 2 rings (SSSR count). The Morgan fingerprint density at radius 2 is 1.24 bits per heavy atom. The maximum Gasteiger partial charge on any atom is 0.119 e. The van der Waals surface area contributed by atoms with Crippen LogP contribution in [0.3, 0.4) is 0 Å². The third-order valence-corrected chi connectivity index (χ3v) is 3.29. The van der Waals surface area contributed by atoms with Gasteiger partial charge in [0.15, 0.2) is 0 Å². The Morgan fingerprint density at radius 1 is 0.720 bits per heavy atom. The van der Waals surface area contributed by atoms with Gasteiger partial charge in [-0.2, -0.15) is 0 Å².